The summed E-state index contributed by atoms with van der Waals surface area (Å²) in [6.45, 7) is 2.26. The van der Waals surface area contributed by atoms with E-state index in [0.29, 0.717) is 6.42 Å². The van der Waals surface area contributed by atoms with E-state index < -0.39 is 18.1 Å². The van der Waals surface area contributed by atoms with E-state index in [9.17, 15) is 9.90 Å². The minimum absolute atomic E-state index is 0.343. The molecule has 4 heteroatoms. The van der Waals surface area contributed by atoms with Crippen LogP contribution >= 0.6 is 0 Å². The molecule has 1 aliphatic rings. The van der Waals surface area contributed by atoms with Crippen molar-refractivity contribution in [2.75, 3.05) is 0 Å². The molecule has 1 saturated heterocycles. The Morgan fingerprint density at radius 2 is 1.35 bits per heavy atom. The summed E-state index contributed by atoms with van der Waals surface area (Å²) in [5, 5.41) is 9.85. The molecule has 1 heterocycles. The first kappa shape index (κ1) is 20.4. The van der Waals surface area contributed by atoms with E-state index in [1.807, 2.05) is 0 Å². The maximum absolute atomic E-state index is 10.9. The van der Waals surface area contributed by atoms with E-state index in [1.54, 1.807) is 0 Å². The Labute approximate surface area is 142 Å². The minimum Gasteiger partial charge on any atom is -0.390 e. The predicted molar refractivity (Wildman–Crippen MR) is 94.2 cm³/mol. The monoisotopic (exact) mass is 327 g/mol. The maximum atomic E-state index is 10.9. The highest BCUT2D eigenvalue weighted by Gasteiger charge is 2.48. The van der Waals surface area contributed by atoms with Crippen molar-refractivity contribution in [1.29, 1.82) is 0 Å². The zero-order valence-electron chi connectivity index (χ0n) is 15.0. The van der Waals surface area contributed by atoms with Gasteiger partial charge in [0, 0.05) is 0 Å². The van der Waals surface area contributed by atoms with Crippen molar-refractivity contribution in [3.63, 3.8) is 0 Å². The SMILES string of the molecule is CCCCCCCCCCCCCCCC(O)[C@@H]1O[C@@H]1C(N)=O. The number of nitrogens with two attached hydrogens (primary N) is 1. The van der Waals surface area contributed by atoms with Crippen molar-refractivity contribution < 1.29 is 14.6 Å². The van der Waals surface area contributed by atoms with Gasteiger partial charge in [0.05, 0.1) is 6.10 Å². The molecule has 1 aliphatic heterocycles. The van der Waals surface area contributed by atoms with Crippen LogP contribution in [-0.2, 0) is 9.53 Å². The Morgan fingerprint density at radius 1 is 0.913 bits per heavy atom. The van der Waals surface area contributed by atoms with Gasteiger partial charge in [-0.1, -0.05) is 90.4 Å². The van der Waals surface area contributed by atoms with Gasteiger partial charge >= 0.3 is 0 Å². The van der Waals surface area contributed by atoms with Crippen LogP contribution in [0, 0.1) is 0 Å². The number of hydrogen-bond donors (Lipinski definition) is 2. The third-order valence-corrected chi connectivity index (χ3v) is 4.79. The summed E-state index contributed by atoms with van der Waals surface area (Å²) >= 11 is 0. The number of primary amides is 1. The Bertz CT molecular complexity index is 309. The molecule has 0 aromatic rings. The minimum atomic E-state index is -0.549. The first-order valence-corrected chi connectivity index (χ1v) is 9.79. The second-order valence-corrected chi connectivity index (χ2v) is 7.02. The first-order valence-electron chi connectivity index (χ1n) is 9.79. The van der Waals surface area contributed by atoms with Crippen molar-refractivity contribution in [2.24, 2.45) is 5.73 Å². The fraction of sp³-hybridized carbons (Fsp3) is 0.947. The first-order chi connectivity index (χ1) is 11.2. The van der Waals surface area contributed by atoms with Crippen LogP contribution in [-0.4, -0.2) is 29.3 Å². The number of aliphatic hydroxyl groups is 1. The summed E-state index contributed by atoms with van der Waals surface area (Å²) in [5.74, 6) is -0.459. The highest BCUT2D eigenvalue weighted by Crippen LogP contribution is 2.27. The molecular weight excluding hydrogens is 290 g/mol. The smallest absolute Gasteiger partial charge is 0.249 e. The molecule has 1 amide bonds. The Balaban J connectivity index is 1.76. The summed E-state index contributed by atoms with van der Waals surface area (Å²) in [6, 6.07) is 0. The number of hydrogen-bond acceptors (Lipinski definition) is 3. The number of aliphatic hydroxyl groups excluding tert-OH is 1. The lowest BCUT2D eigenvalue weighted by Gasteiger charge is -2.07. The summed E-state index contributed by atoms with van der Waals surface area (Å²) in [6.07, 6.45) is 16.5. The number of amides is 1. The fourth-order valence-electron chi connectivity index (χ4n) is 3.18. The topological polar surface area (TPSA) is 75.8 Å². The number of unbranched alkanes of at least 4 members (excludes halogenated alkanes) is 12. The normalized spacial score (nSPS) is 21.3. The van der Waals surface area contributed by atoms with Gasteiger partial charge in [0.15, 0.2) is 6.10 Å². The third-order valence-electron chi connectivity index (χ3n) is 4.79. The van der Waals surface area contributed by atoms with Gasteiger partial charge in [-0.25, -0.2) is 0 Å². The average Bonchev–Trinajstić information content (AvgIpc) is 3.32. The lowest BCUT2D eigenvalue weighted by molar-refractivity contribution is -0.119. The van der Waals surface area contributed by atoms with Crippen LogP contribution in [0.5, 0.6) is 0 Å². The van der Waals surface area contributed by atoms with Crippen LogP contribution in [0.3, 0.4) is 0 Å². The largest absolute Gasteiger partial charge is 0.390 e. The van der Waals surface area contributed by atoms with Crippen molar-refractivity contribution in [1.82, 2.24) is 0 Å². The second-order valence-electron chi connectivity index (χ2n) is 7.02. The van der Waals surface area contributed by atoms with Crippen molar-refractivity contribution >= 4 is 5.91 Å². The van der Waals surface area contributed by atoms with Gasteiger partial charge in [0.1, 0.15) is 6.10 Å². The van der Waals surface area contributed by atoms with Crippen LogP contribution in [0.1, 0.15) is 96.8 Å². The highest BCUT2D eigenvalue weighted by atomic mass is 16.6. The summed E-state index contributed by atoms with van der Waals surface area (Å²) in [7, 11) is 0. The van der Waals surface area contributed by atoms with Gasteiger partial charge in [0.25, 0.3) is 0 Å². The molecule has 0 saturated carbocycles. The molecule has 0 aromatic heterocycles. The van der Waals surface area contributed by atoms with Crippen LogP contribution in [0.2, 0.25) is 0 Å². The molecule has 23 heavy (non-hydrogen) atoms. The highest BCUT2D eigenvalue weighted by molar-refractivity contribution is 5.81. The van der Waals surface area contributed by atoms with E-state index in [4.69, 9.17) is 10.5 Å². The van der Waals surface area contributed by atoms with Gasteiger partial charge in [-0.05, 0) is 6.42 Å². The van der Waals surface area contributed by atoms with Crippen molar-refractivity contribution in [3.05, 3.63) is 0 Å². The third kappa shape index (κ3) is 9.98. The van der Waals surface area contributed by atoms with Gasteiger partial charge in [0.2, 0.25) is 5.91 Å². The van der Waals surface area contributed by atoms with E-state index in [0.717, 1.165) is 12.8 Å². The van der Waals surface area contributed by atoms with Crippen LogP contribution in [0.15, 0.2) is 0 Å². The lowest BCUT2D eigenvalue weighted by atomic mass is 10.0. The van der Waals surface area contributed by atoms with E-state index in [2.05, 4.69) is 6.92 Å². The molecule has 0 radical (unpaired) electrons. The van der Waals surface area contributed by atoms with Crippen LogP contribution < -0.4 is 5.73 Å². The Kier molecular flexibility index (Phi) is 11.3. The standard InChI is InChI=1S/C19H37NO3/c1-2-3-4-5-6-7-8-9-10-11-12-13-14-15-16(21)17-18(23-17)19(20)22/h16-18,21H,2-15H2,1H3,(H2,20,22)/t16?,17-,18-/m0/s1. The molecule has 136 valence electrons. The summed E-state index contributed by atoms with van der Waals surface area (Å²) in [4.78, 5) is 10.9. The van der Waals surface area contributed by atoms with Crippen molar-refractivity contribution in [2.45, 2.75) is 115 Å². The molecule has 4 nitrogen and oxygen atoms in total. The van der Waals surface area contributed by atoms with E-state index in [-0.39, 0.29) is 6.10 Å². The van der Waals surface area contributed by atoms with Crippen molar-refractivity contribution in [3.8, 4) is 0 Å². The molecule has 3 N–H and O–H groups in total. The number of epoxide rings is 1. The van der Waals surface area contributed by atoms with E-state index in [1.165, 1.54) is 70.6 Å². The molecule has 0 bridgehead atoms. The van der Waals surface area contributed by atoms with Gasteiger partial charge in [-0.2, -0.15) is 0 Å². The van der Waals surface area contributed by atoms with Gasteiger partial charge < -0.3 is 15.6 Å². The molecule has 0 aliphatic carbocycles. The molecule has 1 fully saturated rings. The number of ether oxygens (including phenoxy) is 1. The zero-order valence-corrected chi connectivity index (χ0v) is 15.0. The lowest BCUT2D eigenvalue weighted by Crippen LogP contribution is -2.25. The molecular formula is C19H37NO3. The molecule has 0 spiro atoms. The Hall–Kier alpha value is -0.610. The molecule has 1 unspecified atom stereocenters. The van der Waals surface area contributed by atoms with E-state index >= 15 is 0 Å². The maximum Gasteiger partial charge on any atom is 0.249 e. The second kappa shape index (κ2) is 12.8. The van der Waals surface area contributed by atoms with Crippen LogP contribution in [0.25, 0.3) is 0 Å². The molecule has 0 aromatic carbocycles. The van der Waals surface area contributed by atoms with Gasteiger partial charge in [-0.3, -0.25) is 4.79 Å². The molecule has 1 rings (SSSR count). The summed E-state index contributed by atoms with van der Waals surface area (Å²) < 4.78 is 5.08. The zero-order chi connectivity index (χ0) is 16.9. The summed E-state index contributed by atoms with van der Waals surface area (Å²) in [5.41, 5.74) is 5.13. The number of carbonyl (C=O) groups excluding carboxylic acids is 1. The van der Waals surface area contributed by atoms with Gasteiger partial charge in [-0.15, -0.1) is 0 Å². The Morgan fingerprint density at radius 3 is 1.74 bits per heavy atom. The van der Waals surface area contributed by atoms with Crippen LogP contribution in [0.4, 0.5) is 0 Å². The predicted octanol–water partition coefficient (Wildman–Crippen LogP) is 4.08. The average molecular weight is 328 g/mol. The quantitative estimate of drug-likeness (QED) is 0.331. The molecule has 3 atom stereocenters. The fourth-order valence-corrected chi connectivity index (χ4v) is 3.18. The number of carbonyl (C=O) groups is 1. The number of rotatable bonds is 16.